The summed E-state index contributed by atoms with van der Waals surface area (Å²) in [4.78, 5) is 21.9. The highest BCUT2D eigenvalue weighted by Gasteiger charge is 2.29. The Kier molecular flexibility index (Phi) is 14.9. The van der Waals surface area contributed by atoms with Crippen molar-refractivity contribution in [3.8, 4) is 28.7 Å². The third-order valence-corrected chi connectivity index (χ3v) is 12.7. The summed E-state index contributed by atoms with van der Waals surface area (Å²) in [5, 5.41) is 54.2. The van der Waals surface area contributed by atoms with Crippen LogP contribution in [-0.2, 0) is 40.5 Å². The van der Waals surface area contributed by atoms with Gasteiger partial charge < -0.3 is 35.3 Å². The van der Waals surface area contributed by atoms with E-state index in [1.807, 2.05) is 0 Å². The number of benzene rings is 5. The van der Waals surface area contributed by atoms with Crippen molar-refractivity contribution in [1.82, 2.24) is 9.78 Å². The van der Waals surface area contributed by atoms with Gasteiger partial charge in [-0.05, 0) is 54.6 Å². The molecule has 0 aliphatic rings. The number of ether oxygens (including phenoxy) is 3. The first kappa shape index (κ1) is 51.8. The van der Waals surface area contributed by atoms with E-state index in [0.29, 0.717) is 10.7 Å². The number of nitrogens with two attached hydrogens (primary N) is 1. The summed E-state index contributed by atoms with van der Waals surface area (Å²) >= 11 is 0. The van der Waals surface area contributed by atoms with Crippen LogP contribution in [0, 0.1) is 0 Å². The van der Waals surface area contributed by atoms with Crippen LogP contribution in [-0.4, -0.2) is 116 Å². The van der Waals surface area contributed by atoms with Gasteiger partial charge in [-0.3, -0.25) is 32.9 Å². The zero-order valence-corrected chi connectivity index (χ0v) is 38.3. The molecular weight excluding hydrogens is 1020 g/mol. The van der Waals surface area contributed by atoms with E-state index in [0.717, 1.165) is 60.7 Å². The molecule has 0 atom stereocenters. The molecule has 0 aliphatic heterocycles. The largest absolute Gasteiger partial charge is 0.505 e. The van der Waals surface area contributed by atoms with Crippen LogP contribution >= 0.6 is 0 Å². The normalized spacial score (nSPS) is 12.7. The number of aromatic nitrogens is 2. The molecule has 70 heavy (non-hydrogen) atoms. The maximum Gasteiger partial charge on any atom is 0.299 e. The maximum absolute atomic E-state index is 13.4. The average Bonchev–Trinajstić information content (AvgIpc) is 3.62. The number of carbonyl (C=O) groups is 1. The molecule has 0 aliphatic carbocycles. The third-order valence-electron chi connectivity index (χ3n) is 9.17. The van der Waals surface area contributed by atoms with Gasteiger partial charge in [-0.1, -0.05) is 0 Å². The van der Waals surface area contributed by atoms with E-state index in [-0.39, 0.29) is 34.3 Å². The number of hydrogen-bond donors (Lipinski definition) is 9. The molecule has 1 aromatic heterocycles. The van der Waals surface area contributed by atoms with Crippen LogP contribution in [0.4, 0.5) is 34.1 Å². The Bertz CT molecular complexity index is 3690. The van der Waals surface area contributed by atoms with Crippen LogP contribution in [0.1, 0.15) is 10.5 Å². The number of phenolic OH excluding ortho intramolecular Hbond substituents is 1. The van der Waals surface area contributed by atoms with Gasteiger partial charge in [-0.2, -0.15) is 33.7 Å². The van der Waals surface area contributed by atoms with Crippen LogP contribution in [0.15, 0.2) is 128 Å². The number of nitrogens with zero attached hydrogens (tertiary/aromatic N) is 7. The molecule has 370 valence electrons. The van der Waals surface area contributed by atoms with Gasteiger partial charge in [0.2, 0.25) is 0 Å². The molecule has 10 N–H and O–H groups in total. The van der Waals surface area contributed by atoms with E-state index in [9.17, 15) is 76.8 Å². The number of amides is 1. The summed E-state index contributed by atoms with van der Waals surface area (Å²) < 4.78 is 155. The summed E-state index contributed by atoms with van der Waals surface area (Å²) in [6.07, 6.45) is 0. The standard InChI is InChI=1S/C37H33N9O20S4/c1-64-19-4-8-23(29(14-19)68(55,56)57)39-41-25-16-28(66-13-11-48)26(17-27(25)65-12-10-47)42-43-31-30(69(58,59)60)15-22-21(34(31)49)7-9-24(35(22)70(61,62)63)40-44-33-32(36(38)50)45-46(37(33)51)18-2-5-20(6-3-18)67(52,53)54/h2-9,14-17,45,47-49H,10-13H2,1H3,(H2,38,50)(H,52,53,54)(H,55,56,57)(H,58,59,60)(H,61,62,63). The molecule has 0 unspecified atom stereocenters. The number of phenols is 1. The molecule has 1 amide bonds. The molecule has 6 rings (SSSR count). The maximum atomic E-state index is 13.4. The molecule has 0 bridgehead atoms. The smallest absolute Gasteiger partial charge is 0.299 e. The number of carbonyl (C=O) groups excluding carboxylic acids is 1. The Morgan fingerprint density at radius 3 is 1.67 bits per heavy atom. The van der Waals surface area contributed by atoms with E-state index in [2.05, 4.69) is 35.8 Å². The van der Waals surface area contributed by atoms with Gasteiger partial charge in [-0.15, -0.1) is 30.7 Å². The lowest BCUT2D eigenvalue weighted by atomic mass is 10.1. The number of aromatic amines is 1. The second-order valence-corrected chi connectivity index (χ2v) is 19.2. The number of primary amides is 1. The van der Waals surface area contributed by atoms with Crippen molar-refractivity contribution >= 4 is 91.3 Å². The first-order chi connectivity index (χ1) is 32.8. The number of aliphatic hydroxyl groups excluding tert-OH is 2. The highest BCUT2D eigenvalue weighted by Crippen LogP contribution is 2.47. The number of azo groups is 3. The number of fused-ring (bicyclic) bond motifs is 1. The second kappa shape index (κ2) is 20.2. The van der Waals surface area contributed by atoms with Crippen LogP contribution < -0.4 is 25.5 Å². The Morgan fingerprint density at radius 2 is 1.16 bits per heavy atom. The minimum Gasteiger partial charge on any atom is -0.505 e. The topological polar surface area (TPSA) is 461 Å². The van der Waals surface area contributed by atoms with Crippen LogP contribution in [0.2, 0.25) is 0 Å². The monoisotopic (exact) mass is 1050 g/mol. The van der Waals surface area contributed by atoms with Crippen molar-refractivity contribution in [2.24, 2.45) is 36.4 Å². The van der Waals surface area contributed by atoms with Gasteiger partial charge >= 0.3 is 0 Å². The minimum atomic E-state index is -5.55. The Morgan fingerprint density at radius 1 is 0.629 bits per heavy atom. The Labute approximate surface area is 392 Å². The molecule has 0 spiro atoms. The number of rotatable bonds is 19. The molecule has 33 heteroatoms. The summed E-state index contributed by atoms with van der Waals surface area (Å²) in [5.74, 6) is -3.07. The number of aromatic hydroxyl groups is 1. The Hall–Kier alpha value is -7.60. The summed E-state index contributed by atoms with van der Waals surface area (Å²) in [5.41, 5.74) is -0.427. The van der Waals surface area contributed by atoms with Gasteiger partial charge in [0, 0.05) is 29.0 Å². The van der Waals surface area contributed by atoms with Crippen molar-refractivity contribution in [3.05, 3.63) is 88.8 Å². The molecule has 0 saturated heterocycles. The molecule has 29 nitrogen and oxygen atoms in total. The number of nitrogens with one attached hydrogen (secondary N) is 1. The molecule has 1 heterocycles. The number of H-pyrrole nitrogens is 1. The van der Waals surface area contributed by atoms with E-state index < -0.39 is 143 Å². The highest BCUT2D eigenvalue weighted by molar-refractivity contribution is 7.87. The van der Waals surface area contributed by atoms with Crippen molar-refractivity contribution in [2.75, 3.05) is 33.5 Å². The predicted octanol–water partition coefficient (Wildman–Crippen LogP) is 4.11. The van der Waals surface area contributed by atoms with Crippen molar-refractivity contribution in [1.29, 1.82) is 0 Å². The lowest BCUT2D eigenvalue weighted by Crippen LogP contribution is -2.14. The van der Waals surface area contributed by atoms with Crippen LogP contribution in [0.25, 0.3) is 16.5 Å². The lowest BCUT2D eigenvalue weighted by molar-refractivity contribution is 0.0995. The van der Waals surface area contributed by atoms with Gasteiger partial charge in [0.1, 0.15) is 73.6 Å². The zero-order valence-electron chi connectivity index (χ0n) is 35.0. The van der Waals surface area contributed by atoms with Crippen LogP contribution in [0.3, 0.4) is 0 Å². The van der Waals surface area contributed by atoms with Crippen molar-refractivity contribution < 1.29 is 86.2 Å². The predicted molar refractivity (Wildman–Crippen MR) is 237 cm³/mol. The van der Waals surface area contributed by atoms with Gasteiger partial charge in [0.15, 0.2) is 17.1 Å². The molecule has 6 aromatic rings. The fourth-order valence-electron chi connectivity index (χ4n) is 6.13. The van der Waals surface area contributed by atoms with E-state index in [1.54, 1.807) is 0 Å². The van der Waals surface area contributed by atoms with Gasteiger partial charge in [-0.25, -0.2) is 4.68 Å². The highest BCUT2D eigenvalue weighted by atomic mass is 32.2. The van der Waals surface area contributed by atoms with E-state index in [4.69, 9.17) is 19.9 Å². The lowest BCUT2D eigenvalue weighted by Gasteiger charge is -2.14. The molecule has 0 saturated carbocycles. The fourth-order valence-corrected chi connectivity index (χ4v) is 8.72. The van der Waals surface area contributed by atoms with Crippen molar-refractivity contribution in [2.45, 2.75) is 19.6 Å². The number of hydrogen-bond acceptors (Lipinski definition) is 22. The number of methoxy groups -OCH3 is 1. The van der Waals surface area contributed by atoms with Gasteiger partial charge in [0.25, 0.3) is 51.9 Å². The summed E-state index contributed by atoms with van der Waals surface area (Å²) in [6.45, 7) is -2.01. The zero-order chi connectivity index (χ0) is 51.5. The third kappa shape index (κ3) is 11.3. The summed E-state index contributed by atoms with van der Waals surface area (Å²) in [7, 11) is -19.4. The minimum absolute atomic E-state index is 0.0341. The molecule has 5 aromatic carbocycles. The fraction of sp³-hybridized carbons (Fsp3) is 0.135. The van der Waals surface area contributed by atoms with E-state index >= 15 is 0 Å². The average molecular weight is 1050 g/mol. The van der Waals surface area contributed by atoms with Crippen LogP contribution in [0.5, 0.6) is 23.0 Å². The quantitative estimate of drug-likeness (QED) is 0.0407. The molecule has 0 radical (unpaired) electrons. The van der Waals surface area contributed by atoms with Gasteiger partial charge in [0.05, 0.1) is 30.9 Å². The number of aliphatic hydroxyl groups is 2. The SMILES string of the molecule is COc1ccc(N=Nc2cc(OCCO)c(N=Nc3c(S(=O)(=O)O)cc4c(S(=O)(=O)O)c(N=Nc5c(C(N)=O)[nH]n(-c6ccc(S(=O)(=O)O)cc6)c5=O)ccc4c3O)cc2OCCO)c(S(=O)(=O)O)c1. The first-order valence-corrected chi connectivity index (χ1v) is 24.6. The second-order valence-electron chi connectivity index (χ2n) is 13.7. The first-order valence-electron chi connectivity index (χ1n) is 18.8. The molecule has 0 fully saturated rings. The van der Waals surface area contributed by atoms with E-state index in [1.165, 1.54) is 13.2 Å². The molecular formula is C37H33N9O20S4. The summed E-state index contributed by atoms with van der Waals surface area (Å²) in [6, 6.07) is 11.5. The van der Waals surface area contributed by atoms with Crippen molar-refractivity contribution in [3.63, 3.8) is 0 Å². The Balaban J connectivity index is 1.49.